The Morgan fingerprint density at radius 1 is 0.644 bits per heavy atom. The van der Waals surface area contributed by atoms with Crippen LogP contribution in [0, 0.1) is 3.57 Å². The van der Waals surface area contributed by atoms with E-state index in [1.54, 1.807) is 28.4 Å². The van der Waals surface area contributed by atoms with Gasteiger partial charge in [0.05, 0.1) is 45.0 Å². The molecule has 0 atom stereocenters. The third-order valence-corrected chi connectivity index (χ3v) is 9.68. The molecule has 0 spiro atoms. The van der Waals surface area contributed by atoms with Crippen molar-refractivity contribution in [2.24, 2.45) is 0 Å². The zero-order valence-corrected chi connectivity index (χ0v) is 27.8. The van der Waals surface area contributed by atoms with E-state index in [1.165, 1.54) is 33.0 Å². The van der Waals surface area contributed by atoms with Gasteiger partial charge in [0.25, 0.3) is 0 Å². The lowest BCUT2D eigenvalue weighted by Crippen LogP contribution is -2.01. The van der Waals surface area contributed by atoms with Crippen molar-refractivity contribution < 1.29 is 18.9 Å². The van der Waals surface area contributed by atoms with Crippen molar-refractivity contribution in [1.82, 2.24) is 9.55 Å². The summed E-state index contributed by atoms with van der Waals surface area (Å²) in [5.74, 6) is 3.34. The summed E-state index contributed by atoms with van der Waals surface area (Å²) >= 11 is 2.52. The minimum absolute atomic E-state index is 0.799. The fourth-order valence-electron chi connectivity index (χ4n) is 6.32. The molecule has 2 heterocycles. The molecule has 6 nitrogen and oxygen atoms in total. The van der Waals surface area contributed by atoms with Gasteiger partial charge in [-0.15, -0.1) is 0 Å². The molecule has 0 bridgehead atoms. The van der Waals surface area contributed by atoms with Gasteiger partial charge >= 0.3 is 0 Å². The van der Waals surface area contributed by atoms with Crippen LogP contribution in [0.5, 0.6) is 23.0 Å². The Morgan fingerprint density at radius 3 is 1.84 bits per heavy atom. The van der Waals surface area contributed by atoms with Gasteiger partial charge in [0.1, 0.15) is 23.0 Å². The number of benzene rings is 5. The minimum atomic E-state index is 0.799. The second kappa shape index (κ2) is 12.0. The van der Waals surface area contributed by atoms with E-state index >= 15 is 0 Å². The first-order valence-electron chi connectivity index (χ1n) is 14.8. The summed E-state index contributed by atoms with van der Waals surface area (Å²) in [5, 5.41) is 3.54. The maximum absolute atomic E-state index is 5.82. The number of para-hydroxylation sites is 1. The number of aromatic amines is 1. The van der Waals surface area contributed by atoms with Crippen LogP contribution in [0.2, 0.25) is 0 Å². The number of aryl methyl sites for hydroxylation is 2. The Kier molecular flexibility index (Phi) is 7.79. The Morgan fingerprint density at radius 2 is 1.24 bits per heavy atom. The minimum Gasteiger partial charge on any atom is -0.497 e. The number of halogens is 1. The number of H-pyrrole nitrogens is 1. The van der Waals surface area contributed by atoms with Gasteiger partial charge < -0.3 is 28.5 Å². The topological polar surface area (TPSA) is 57.6 Å². The fraction of sp³-hybridized carbons (Fsp3) is 0.158. The first kappa shape index (κ1) is 29.1. The van der Waals surface area contributed by atoms with Gasteiger partial charge in [-0.05, 0) is 88.2 Å². The van der Waals surface area contributed by atoms with E-state index in [1.807, 2.05) is 42.5 Å². The second-order valence-corrected chi connectivity index (χ2v) is 12.0. The van der Waals surface area contributed by atoms with E-state index in [0.29, 0.717) is 0 Å². The molecular weight excluding hydrogens is 675 g/mol. The van der Waals surface area contributed by atoms with Crippen LogP contribution in [0.3, 0.4) is 0 Å². The van der Waals surface area contributed by atoms with Gasteiger partial charge in [0.15, 0.2) is 0 Å². The molecule has 0 saturated carbocycles. The van der Waals surface area contributed by atoms with Crippen molar-refractivity contribution in [2.75, 3.05) is 28.4 Å². The first-order chi connectivity index (χ1) is 22.0. The summed E-state index contributed by atoms with van der Waals surface area (Å²) in [5.41, 5.74) is 9.14. The molecule has 7 heteroatoms. The zero-order valence-electron chi connectivity index (χ0n) is 25.6. The van der Waals surface area contributed by atoms with Crippen LogP contribution in [0.15, 0.2) is 97.2 Å². The number of hydrogen-bond acceptors (Lipinski definition) is 4. The van der Waals surface area contributed by atoms with Crippen LogP contribution in [0.25, 0.3) is 55.0 Å². The summed E-state index contributed by atoms with van der Waals surface area (Å²) < 4.78 is 25.8. The Hall–Kier alpha value is -4.63. The number of rotatable bonds is 9. The SMILES string of the molecule is COc1ccc(CCn2cc(-c3ccc(OC)cc3)c3c(-c4ccc(OC)cc4)c(I)c4[nH]c5c(OC)cccc5c4c32)cc1. The number of methoxy groups -OCH3 is 4. The summed E-state index contributed by atoms with van der Waals surface area (Å²) in [6.07, 6.45) is 3.18. The standard InChI is InChI=1S/C38H33IN2O4/c1-42-26-14-8-23(9-15-26)20-21-41-22-30(24-10-16-27(43-2)17-11-24)33-32(25-12-18-28(44-3)19-13-25)35(39)37-34(38(33)41)29-6-5-7-31(45-4)36(29)40-37/h5-19,22,40H,20-21H2,1-4H3. The highest BCUT2D eigenvalue weighted by molar-refractivity contribution is 14.1. The van der Waals surface area contributed by atoms with Gasteiger partial charge in [-0.1, -0.05) is 48.5 Å². The van der Waals surface area contributed by atoms with Crippen LogP contribution in [-0.4, -0.2) is 38.0 Å². The molecule has 2 aromatic heterocycles. The fourth-order valence-corrected chi connectivity index (χ4v) is 7.31. The largest absolute Gasteiger partial charge is 0.497 e. The Bertz CT molecular complexity index is 2140. The van der Waals surface area contributed by atoms with E-state index in [0.717, 1.165) is 67.1 Å². The lowest BCUT2D eigenvalue weighted by molar-refractivity contribution is 0.414. The average Bonchev–Trinajstić information content (AvgIpc) is 3.67. The number of aromatic nitrogens is 2. The van der Waals surface area contributed by atoms with E-state index in [-0.39, 0.29) is 0 Å². The normalized spacial score (nSPS) is 11.4. The smallest absolute Gasteiger partial charge is 0.142 e. The number of fused-ring (bicyclic) bond motifs is 5. The predicted molar refractivity (Wildman–Crippen MR) is 191 cm³/mol. The molecule has 0 amide bonds. The molecule has 0 fully saturated rings. The third-order valence-electron chi connectivity index (χ3n) is 8.60. The van der Waals surface area contributed by atoms with E-state index in [4.69, 9.17) is 18.9 Å². The molecule has 1 N–H and O–H groups in total. The summed E-state index contributed by atoms with van der Waals surface area (Å²) in [6, 6.07) is 31.3. The quantitative estimate of drug-likeness (QED) is 0.152. The number of nitrogens with zero attached hydrogens (tertiary/aromatic N) is 1. The molecule has 226 valence electrons. The van der Waals surface area contributed by atoms with Crippen LogP contribution in [0.4, 0.5) is 0 Å². The van der Waals surface area contributed by atoms with Crippen molar-refractivity contribution >= 4 is 55.3 Å². The molecule has 7 aromatic rings. The average molecular weight is 709 g/mol. The lowest BCUT2D eigenvalue weighted by Gasteiger charge is -2.14. The molecule has 45 heavy (non-hydrogen) atoms. The molecule has 5 aromatic carbocycles. The molecule has 0 aliphatic carbocycles. The maximum atomic E-state index is 5.82. The number of ether oxygens (including phenoxy) is 4. The van der Waals surface area contributed by atoms with Gasteiger partial charge in [-0.3, -0.25) is 0 Å². The van der Waals surface area contributed by atoms with Crippen LogP contribution in [0.1, 0.15) is 5.56 Å². The first-order valence-corrected chi connectivity index (χ1v) is 15.9. The van der Waals surface area contributed by atoms with E-state index < -0.39 is 0 Å². The zero-order chi connectivity index (χ0) is 31.1. The van der Waals surface area contributed by atoms with Crippen molar-refractivity contribution in [3.05, 3.63) is 106 Å². The molecule has 0 aliphatic rings. The van der Waals surface area contributed by atoms with E-state index in [9.17, 15) is 0 Å². The van der Waals surface area contributed by atoms with Gasteiger partial charge in [0.2, 0.25) is 0 Å². The highest BCUT2D eigenvalue weighted by Crippen LogP contribution is 2.48. The summed E-state index contributed by atoms with van der Waals surface area (Å²) in [7, 11) is 6.83. The van der Waals surface area contributed by atoms with Crippen LogP contribution >= 0.6 is 22.6 Å². The number of nitrogens with one attached hydrogen (secondary N) is 1. The molecule has 0 unspecified atom stereocenters. The maximum Gasteiger partial charge on any atom is 0.142 e. The number of hydrogen-bond donors (Lipinski definition) is 1. The second-order valence-electron chi connectivity index (χ2n) is 11.0. The molecular formula is C38H33IN2O4. The highest BCUT2D eigenvalue weighted by Gasteiger charge is 2.25. The van der Waals surface area contributed by atoms with Gasteiger partial charge in [-0.2, -0.15) is 0 Å². The van der Waals surface area contributed by atoms with Crippen LogP contribution in [-0.2, 0) is 13.0 Å². The highest BCUT2D eigenvalue weighted by atomic mass is 127. The molecule has 0 aliphatic heterocycles. The van der Waals surface area contributed by atoms with Gasteiger partial charge in [0, 0.05) is 43.6 Å². The molecule has 0 radical (unpaired) electrons. The third kappa shape index (κ3) is 5.05. The van der Waals surface area contributed by atoms with Crippen molar-refractivity contribution in [3.8, 4) is 45.3 Å². The summed E-state index contributed by atoms with van der Waals surface area (Å²) in [4.78, 5) is 3.77. The monoisotopic (exact) mass is 708 g/mol. The van der Waals surface area contributed by atoms with Gasteiger partial charge in [-0.25, -0.2) is 0 Å². The molecule has 7 rings (SSSR count). The molecule has 0 saturated heterocycles. The van der Waals surface area contributed by atoms with Crippen molar-refractivity contribution in [1.29, 1.82) is 0 Å². The van der Waals surface area contributed by atoms with Crippen LogP contribution < -0.4 is 18.9 Å². The lowest BCUT2D eigenvalue weighted by atomic mass is 9.94. The van der Waals surface area contributed by atoms with Crippen molar-refractivity contribution in [2.45, 2.75) is 13.0 Å². The van der Waals surface area contributed by atoms with Crippen molar-refractivity contribution in [3.63, 3.8) is 0 Å². The predicted octanol–water partition coefficient (Wildman–Crippen LogP) is 9.49. The van der Waals surface area contributed by atoms with E-state index in [2.05, 4.69) is 86.9 Å². The summed E-state index contributed by atoms with van der Waals surface area (Å²) in [6.45, 7) is 0.799. The Labute approximate surface area is 275 Å². The Balaban J connectivity index is 1.57.